The molecule has 4 rings (SSSR count). The number of urea groups is 1. The lowest BCUT2D eigenvalue weighted by molar-refractivity contribution is -0.136. The molecular weight excluding hydrogens is 378 g/mol. The van der Waals surface area contributed by atoms with Crippen molar-refractivity contribution in [2.75, 3.05) is 33.4 Å². The van der Waals surface area contributed by atoms with E-state index < -0.39 is 5.54 Å². The summed E-state index contributed by atoms with van der Waals surface area (Å²) in [7, 11) is 1.71. The van der Waals surface area contributed by atoms with Crippen LogP contribution >= 0.6 is 0 Å². The number of fused-ring (bicyclic) bond motifs is 1. The van der Waals surface area contributed by atoms with E-state index in [1.54, 1.807) is 12.0 Å². The molecule has 2 heterocycles. The van der Waals surface area contributed by atoms with Crippen molar-refractivity contribution in [2.24, 2.45) is 0 Å². The van der Waals surface area contributed by atoms with E-state index in [1.807, 2.05) is 31.2 Å². The molecule has 30 heavy (non-hydrogen) atoms. The number of hydrogen-bond donors (Lipinski definition) is 0. The number of amides is 3. The molecule has 3 amide bonds. The first-order valence-corrected chi connectivity index (χ1v) is 10.8. The van der Waals surface area contributed by atoms with Crippen LogP contribution in [-0.4, -0.2) is 71.6 Å². The van der Waals surface area contributed by atoms with Gasteiger partial charge in [-0.3, -0.25) is 14.6 Å². The van der Waals surface area contributed by atoms with E-state index in [0.29, 0.717) is 38.6 Å². The predicted octanol–water partition coefficient (Wildman–Crippen LogP) is 3.49. The smallest absolute Gasteiger partial charge is 0.327 e. The lowest BCUT2D eigenvalue weighted by Crippen LogP contribution is -2.58. The summed E-state index contributed by atoms with van der Waals surface area (Å²) in [4.78, 5) is 32.5. The third kappa shape index (κ3) is 3.38. The van der Waals surface area contributed by atoms with Gasteiger partial charge in [-0.2, -0.15) is 0 Å². The Morgan fingerprint density at radius 3 is 2.47 bits per heavy atom. The molecule has 2 saturated heterocycles. The Morgan fingerprint density at radius 2 is 1.77 bits per heavy atom. The molecule has 2 aromatic rings. The predicted molar refractivity (Wildman–Crippen MR) is 117 cm³/mol. The Kier molecular flexibility index (Phi) is 5.80. The van der Waals surface area contributed by atoms with Gasteiger partial charge in [0.25, 0.3) is 5.91 Å². The average molecular weight is 410 g/mol. The number of carbonyl (C=O) groups is 2. The molecule has 0 aromatic heterocycles. The molecule has 2 aromatic carbocycles. The maximum atomic E-state index is 13.6. The van der Waals surface area contributed by atoms with Gasteiger partial charge in [0.15, 0.2) is 0 Å². The van der Waals surface area contributed by atoms with Crippen LogP contribution in [0.5, 0.6) is 0 Å². The van der Waals surface area contributed by atoms with Gasteiger partial charge in [-0.25, -0.2) is 4.79 Å². The summed E-state index contributed by atoms with van der Waals surface area (Å²) in [6, 6.07) is 14.3. The van der Waals surface area contributed by atoms with E-state index in [9.17, 15) is 9.59 Å². The molecule has 6 heteroatoms. The Labute approximate surface area is 178 Å². The van der Waals surface area contributed by atoms with Gasteiger partial charge in [0, 0.05) is 32.8 Å². The average Bonchev–Trinajstić information content (AvgIpc) is 2.95. The first kappa shape index (κ1) is 20.8. The molecule has 1 spiro atoms. The van der Waals surface area contributed by atoms with Gasteiger partial charge in [0.2, 0.25) is 0 Å². The number of hydrogen-bond acceptors (Lipinski definition) is 4. The van der Waals surface area contributed by atoms with Gasteiger partial charge in [-0.1, -0.05) is 42.5 Å². The van der Waals surface area contributed by atoms with Crippen molar-refractivity contribution in [1.82, 2.24) is 14.7 Å². The van der Waals surface area contributed by atoms with Gasteiger partial charge in [-0.15, -0.1) is 0 Å². The number of nitrogens with zero attached hydrogens (tertiary/aromatic N) is 3. The Bertz CT molecular complexity index is 931. The molecule has 2 aliphatic rings. The highest BCUT2D eigenvalue weighted by atomic mass is 16.5. The molecule has 2 fully saturated rings. The van der Waals surface area contributed by atoms with Crippen LogP contribution in [0.1, 0.15) is 32.3 Å². The van der Waals surface area contributed by atoms with Crippen molar-refractivity contribution in [3.63, 3.8) is 0 Å². The molecule has 0 N–H and O–H groups in total. The van der Waals surface area contributed by atoms with Crippen LogP contribution in [0.3, 0.4) is 0 Å². The molecule has 160 valence electrons. The summed E-state index contributed by atoms with van der Waals surface area (Å²) in [5.41, 5.74) is 0.300. The fourth-order valence-corrected chi connectivity index (χ4v) is 5.13. The van der Waals surface area contributed by atoms with Crippen molar-refractivity contribution >= 4 is 22.7 Å². The van der Waals surface area contributed by atoms with Crippen molar-refractivity contribution in [3.05, 3.63) is 48.0 Å². The molecule has 2 aliphatic heterocycles. The number of benzene rings is 2. The maximum absolute atomic E-state index is 13.6. The van der Waals surface area contributed by atoms with Crippen LogP contribution in [-0.2, 0) is 16.1 Å². The van der Waals surface area contributed by atoms with E-state index >= 15 is 0 Å². The van der Waals surface area contributed by atoms with Crippen LogP contribution in [0.4, 0.5) is 4.79 Å². The lowest BCUT2D eigenvalue weighted by atomic mass is 9.85. The second-order valence-corrected chi connectivity index (χ2v) is 8.43. The van der Waals surface area contributed by atoms with E-state index in [-0.39, 0.29) is 11.9 Å². The van der Waals surface area contributed by atoms with Gasteiger partial charge in [0.05, 0.1) is 13.2 Å². The highest BCUT2D eigenvalue weighted by Crippen LogP contribution is 2.38. The Hall–Kier alpha value is -2.44. The SMILES string of the molecule is CCN1C(=O)N(Cc2cccc3ccccc23)C(=O)C12CCN([C@@H](C)COC)CC2. The zero-order valence-electron chi connectivity index (χ0n) is 18.1. The van der Waals surface area contributed by atoms with Crippen molar-refractivity contribution in [1.29, 1.82) is 0 Å². The molecule has 0 unspecified atom stereocenters. The zero-order chi connectivity index (χ0) is 21.3. The Morgan fingerprint density at radius 1 is 1.07 bits per heavy atom. The van der Waals surface area contributed by atoms with Crippen LogP contribution in [0.2, 0.25) is 0 Å². The van der Waals surface area contributed by atoms with Gasteiger partial charge < -0.3 is 9.64 Å². The number of likely N-dealkylation sites (tertiary alicyclic amines) is 1. The summed E-state index contributed by atoms with van der Waals surface area (Å²) in [6.07, 6.45) is 1.34. The molecular formula is C24H31N3O3. The highest BCUT2D eigenvalue weighted by Gasteiger charge is 2.57. The summed E-state index contributed by atoms with van der Waals surface area (Å²) in [5, 5.41) is 2.21. The molecule has 0 bridgehead atoms. The number of carbonyl (C=O) groups excluding carboxylic acids is 2. The minimum Gasteiger partial charge on any atom is -0.383 e. The summed E-state index contributed by atoms with van der Waals surface area (Å²) in [6.45, 7) is 7.24. The highest BCUT2D eigenvalue weighted by molar-refractivity contribution is 6.07. The third-order valence-corrected chi connectivity index (χ3v) is 6.80. The topological polar surface area (TPSA) is 53.1 Å². The van der Waals surface area contributed by atoms with Crippen molar-refractivity contribution in [3.8, 4) is 0 Å². The fourth-order valence-electron chi connectivity index (χ4n) is 5.13. The first-order chi connectivity index (χ1) is 14.5. The van der Waals surface area contributed by atoms with E-state index in [2.05, 4.69) is 30.0 Å². The van der Waals surface area contributed by atoms with Gasteiger partial charge >= 0.3 is 6.03 Å². The monoisotopic (exact) mass is 409 g/mol. The van der Waals surface area contributed by atoms with Crippen LogP contribution < -0.4 is 0 Å². The number of rotatable bonds is 6. The van der Waals surface area contributed by atoms with Crippen molar-refractivity contribution < 1.29 is 14.3 Å². The minimum absolute atomic E-state index is 0.0404. The summed E-state index contributed by atoms with van der Waals surface area (Å²) in [5.74, 6) is -0.0404. The molecule has 0 radical (unpaired) electrons. The number of imide groups is 1. The van der Waals surface area contributed by atoms with E-state index in [0.717, 1.165) is 29.4 Å². The quantitative estimate of drug-likeness (QED) is 0.686. The molecule has 1 atom stereocenters. The largest absolute Gasteiger partial charge is 0.383 e. The van der Waals surface area contributed by atoms with E-state index in [1.165, 1.54) is 4.90 Å². The first-order valence-electron chi connectivity index (χ1n) is 10.8. The van der Waals surface area contributed by atoms with Gasteiger partial charge in [0.1, 0.15) is 5.54 Å². The molecule has 0 aliphatic carbocycles. The number of likely N-dealkylation sites (N-methyl/N-ethyl adjacent to an activating group) is 1. The van der Waals surface area contributed by atoms with Crippen LogP contribution in [0.25, 0.3) is 10.8 Å². The summed E-state index contributed by atoms with van der Waals surface area (Å²) < 4.78 is 5.29. The number of methoxy groups -OCH3 is 1. The number of piperidine rings is 1. The van der Waals surface area contributed by atoms with Crippen molar-refractivity contribution in [2.45, 2.75) is 44.8 Å². The van der Waals surface area contributed by atoms with Crippen LogP contribution in [0.15, 0.2) is 42.5 Å². The lowest BCUT2D eigenvalue weighted by Gasteiger charge is -2.43. The van der Waals surface area contributed by atoms with E-state index in [4.69, 9.17) is 4.74 Å². The standard InChI is InChI=1S/C24H31N3O3/c1-4-27-23(29)26(16-20-10-7-9-19-8-5-6-11-21(19)20)22(28)24(27)12-14-25(15-13-24)18(2)17-30-3/h5-11,18H,4,12-17H2,1-3H3/t18-/m0/s1. The fraction of sp³-hybridized carbons (Fsp3) is 0.500. The second kappa shape index (κ2) is 8.36. The number of ether oxygens (including phenoxy) is 1. The minimum atomic E-state index is -0.709. The van der Waals surface area contributed by atoms with Crippen LogP contribution in [0, 0.1) is 0 Å². The third-order valence-electron chi connectivity index (χ3n) is 6.80. The zero-order valence-corrected chi connectivity index (χ0v) is 18.1. The molecule has 0 saturated carbocycles. The molecule has 6 nitrogen and oxygen atoms in total. The second-order valence-electron chi connectivity index (χ2n) is 8.43. The Balaban J connectivity index is 1.58. The normalized spacial score (nSPS) is 20.5. The van der Waals surface area contributed by atoms with Gasteiger partial charge in [-0.05, 0) is 43.0 Å². The maximum Gasteiger partial charge on any atom is 0.327 e. The summed E-state index contributed by atoms with van der Waals surface area (Å²) >= 11 is 0.